The minimum absolute atomic E-state index is 0.104. The third-order valence-electron chi connectivity index (χ3n) is 2.86. The van der Waals surface area contributed by atoms with Gasteiger partial charge in [-0.15, -0.1) is 6.58 Å². The largest absolute Gasteiger partial charge is 0.393 e. The monoisotopic (exact) mass is 154 g/mol. The van der Waals surface area contributed by atoms with Crippen LogP contribution in [-0.4, -0.2) is 11.2 Å². The molecule has 11 heavy (non-hydrogen) atoms. The predicted molar refractivity (Wildman–Crippen MR) is 47.4 cm³/mol. The minimum Gasteiger partial charge on any atom is -0.393 e. The number of allylic oxidation sites excluding steroid dienone is 1. The first-order valence-electron chi connectivity index (χ1n) is 4.50. The summed E-state index contributed by atoms with van der Waals surface area (Å²) < 4.78 is 0. The molecule has 1 nitrogen and oxygen atoms in total. The molecular formula is C10H18O. The molecule has 0 bridgehead atoms. The Labute approximate surface area is 69.1 Å². The van der Waals surface area contributed by atoms with Gasteiger partial charge >= 0.3 is 0 Å². The van der Waals surface area contributed by atoms with E-state index in [1.54, 1.807) is 0 Å². The maximum atomic E-state index is 9.42. The number of unbranched alkanes of at least 4 members (excludes halogenated alkanes) is 1. The molecule has 1 heteroatoms. The molecular weight excluding hydrogens is 136 g/mol. The van der Waals surface area contributed by atoms with Gasteiger partial charge in [0.25, 0.3) is 0 Å². The van der Waals surface area contributed by atoms with Gasteiger partial charge in [-0.2, -0.15) is 0 Å². The van der Waals surface area contributed by atoms with Gasteiger partial charge in [-0.1, -0.05) is 6.08 Å². The molecule has 1 rings (SSSR count). The Hall–Kier alpha value is -0.300. The SMILES string of the molecule is C=CCCCC1(C(C)O)CC1. The molecule has 0 heterocycles. The van der Waals surface area contributed by atoms with Crippen LogP contribution < -0.4 is 0 Å². The molecule has 1 unspecified atom stereocenters. The van der Waals surface area contributed by atoms with E-state index < -0.39 is 0 Å². The standard InChI is InChI=1S/C10H18O/c1-3-4-5-6-10(7-8-10)9(2)11/h3,9,11H,1,4-8H2,2H3. The zero-order valence-corrected chi connectivity index (χ0v) is 7.34. The lowest BCUT2D eigenvalue weighted by atomic mass is 9.94. The van der Waals surface area contributed by atoms with Gasteiger partial charge < -0.3 is 5.11 Å². The van der Waals surface area contributed by atoms with E-state index in [1.165, 1.54) is 25.7 Å². The average molecular weight is 154 g/mol. The third kappa shape index (κ3) is 2.06. The summed E-state index contributed by atoms with van der Waals surface area (Å²) in [5, 5.41) is 9.42. The molecule has 0 radical (unpaired) electrons. The molecule has 1 aliphatic carbocycles. The molecule has 1 fully saturated rings. The molecule has 0 aromatic heterocycles. The van der Waals surface area contributed by atoms with Crippen LogP contribution in [0, 0.1) is 5.41 Å². The Bertz CT molecular complexity index is 134. The molecule has 1 N–H and O–H groups in total. The quantitative estimate of drug-likeness (QED) is 0.476. The van der Waals surface area contributed by atoms with Crippen LogP contribution in [-0.2, 0) is 0 Å². The van der Waals surface area contributed by atoms with Crippen molar-refractivity contribution in [3.8, 4) is 0 Å². The molecule has 0 spiro atoms. The predicted octanol–water partition coefficient (Wildman–Crippen LogP) is 2.50. The lowest BCUT2D eigenvalue weighted by molar-refractivity contribution is 0.103. The van der Waals surface area contributed by atoms with Gasteiger partial charge in [-0.25, -0.2) is 0 Å². The summed E-state index contributed by atoms with van der Waals surface area (Å²) in [6, 6.07) is 0. The minimum atomic E-state index is -0.104. The van der Waals surface area contributed by atoms with Crippen molar-refractivity contribution in [2.45, 2.75) is 45.1 Å². The fraction of sp³-hybridized carbons (Fsp3) is 0.800. The summed E-state index contributed by atoms with van der Waals surface area (Å²) >= 11 is 0. The molecule has 64 valence electrons. The summed E-state index contributed by atoms with van der Waals surface area (Å²) in [7, 11) is 0. The lowest BCUT2D eigenvalue weighted by Crippen LogP contribution is -2.17. The molecule has 1 saturated carbocycles. The van der Waals surface area contributed by atoms with E-state index >= 15 is 0 Å². The van der Waals surface area contributed by atoms with Crippen molar-refractivity contribution in [2.24, 2.45) is 5.41 Å². The zero-order valence-electron chi connectivity index (χ0n) is 7.34. The van der Waals surface area contributed by atoms with Crippen molar-refractivity contribution < 1.29 is 5.11 Å². The first-order valence-corrected chi connectivity index (χ1v) is 4.50. The van der Waals surface area contributed by atoms with Crippen LogP contribution in [0.3, 0.4) is 0 Å². The molecule has 1 aliphatic rings. The molecule has 0 saturated heterocycles. The van der Waals surface area contributed by atoms with Crippen molar-refractivity contribution in [1.82, 2.24) is 0 Å². The summed E-state index contributed by atoms with van der Waals surface area (Å²) in [4.78, 5) is 0. The van der Waals surface area contributed by atoms with E-state index in [1.807, 2.05) is 13.0 Å². The van der Waals surface area contributed by atoms with Crippen LogP contribution >= 0.6 is 0 Å². The number of aliphatic hydroxyl groups excluding tert-OH is 1. The second-order valence-corrected chi connectivity index (χ2v) is 3.72. The van der Waals surface area contributed by atoms with E-state index in [4.69, 9.17) is 0 Å². The smallest absolute Gasteiger partial charge is 0.0568 e. The maximum Gasteiger partial charge on any atom is 0.0568 e. The average Bonchev–Trinajstić information content (AvgIpc) is 2.70. The van der Waals surface area contributed by atoms with Crippen molar-refractivity contribution in [1.29, 1.82) is 0 Å². The topological polar surface area (TPSA) is 20.2 Å². The van der Waals surface area contributed by atoms with Crippen molar-refractivity contribution >= 4 is 0 Å². The summed E-state index contributed by atoms with van der Waals surface area (Å²) in [6.45, 7) is 5.60. The van der Waals surface area contributed by atoms with E-state index in [2.05, 4.69) is 6.58 Å². The molecule has 0 aromatic carbocycles. The van der Waals surface area contributed by atoms with Crippen LogP contribution in [0.1, 0.15) is 39.0 Å². The van der Waals surface area contributed by atoms with E-state index in [9.17, 15) is 5.11 Å². The van der Waals surface area contributed by atoms with Crippen molar-refractivity contribution in [2.75, 3.05) is 0 Å². The van der Waals surface area contributed by atoms with Crippen LogP contribution in [0.5, 0.6) is 0 Å². The lowest BCUT2D eigenvalue weighted by Gasteiger charge is -2.17. The third-order valence-corrected chi connectivity index (χ3v) is 2.86. The Morgan fingerprint density at radius 3 is 2.64 bits per heavy atom. The van der Waals surface area contributed by atoms with Gasteiger partial charge in [0.2, 0.25) is 0 Å². The molecule has 0 aromatic rings. The number of rotatable bonds is 5. The molecule has 0 amide bonds. The normalized spacial score (nSPS) is 22.7. The van der Waals surface area contributed by atoms with Gasteiger partial charge in [-0.05, 0) is 44.4 Å². The van der Waals surface area contributed by atoms with Crippen molar-refractivity contribution in [3.05, 3.63) is 12.7 Å². The zero-order chi connectivity index (χ0) is 8.32. The Balaban J connectivity index is 2.19. The highest BCUT2D eigenvalue weighted by Gasteiger charge is 2.45. The van der Waals surface area contributed by atoms with Gasteiger partial charge in [0.1, 0.15) is 0 Å². The summed E-state index contributed by atoms with van der Waals surface area (Å²) in [6.07, 6.45) is 7.76. The highest BCUT2D eigenvalue weighted by molar-refractivity contribution is 4.97. The van der Waals surface area contributed by atoms with Gasteiger partial charge in [-0.3, -0.25) is 0 Å². The Morgan fingerprint density at radius 1 is 1.64 bits per heavy atom. The van der Waals surface area contributed by atoms with Crippen LogP contribution in [0.4, 0.5) is 0 Å². The van der Waals surface area contributed by atoms with E-state index in [0.29, 0.717) is 5.41 Å². The van der Waals surface area contributed by atoms with E-state index in [0.717, 1.165) is 6.42 Å². The summed E-state index contributed by atoms with van der Waals surface area (Å²) in [5.74, 6) is 0. The van der Waals surface area contributed by atoms with Crippen LogP contribution in [0.15, 0.2) is 12.7 Å². The van der Waals surface area contributed by atoms with Gasteiger partial charge in [0.15, 0.2) is 0 Å². The van der Waals surface area contributed by atoms with Crippen molar-refractivity contribution in [3.63, 3.8) is 0 Å². The fourth-order valence-electron chi connectivity index (χ4n) is 1.64. The summed E-state index contributed by atoms with van der Waals surface area (Å²) in [5.41, 5.74) is 0.309. The van der Waals surface area contributed by atoms with E-state index in [-0.39, 0.29) is 6.10 Å². The second-order valence-electron chi connectivity index (χ2n) is 3.72. The second kappa shape index (κ2) is 3.40. The van der Waals surface area contributed by atoms with Gasteiger partial charge in [0.05, 0.1) is 6.10 Å². The van der Waals surface area contributed by atoms with Crippen LogP contribution in [0.25, 0.3) is 0 Å². The number of hydrogen-bond donors (Lipinski definition) is 1. The first-order chi connectivity index (χ1) is 5.21. The number of aliphatic hydroxyl groups is 1. The Morgan fingerprint density at radius 2 is 2.27 bits per heavy atom. The highest BCUT2D eigenvalue weighted by atomic mass is 16.3. The maximum absolute atomic E-state index is 9.42. The molecule has 1 atom stereocenters. The molecule has 0 aliphatic heterocycles. The van der Waals surface area contributed by atoms with Gasteiger partial charge in [0, 0.05) is 0 Å². The number of hydrogen-bond acceptors (Lipinski definition) is 1. The first kappa shape index (κ1) is 8.79. The fourth-order valence-corrected chi connectivity index (χ4v) is 1.64. The van der Waals surface area contributed by atoms with Crippen LogP contribution in [0.2, 0.25) is 0 Å². The highest BCUT2D eigenvalue weighted by Crippen LogP contribution is 2.52. The Kier molecular flexibility index (Phi) is 2.72.